The first kappa shape index (κ1) is 62.3. The summed E-state index contributed by atoms with van der Waals surface area (Å²) in [6.07, 6.45) is 71.1. The van der Waals surface area contributed by atoms with Gasteiger partial charge in [-0.15, -0.1) is 0 Å². The Bertz CT molecular complexity index is 1330. The summed E-state index contributed by atoms with van der Waals surface area (Å²) in [4.78, 5) is 38.0. The third-order valence-electron chi connectivity index (χ3n) is 11.3. The zero-order valence-corrected chi connectivity index (χ0v) is 42.9. The molecule has 0 aromatic rings. The van der Waals surface area contributed by atoms with Gasteiger partial charge in [-0.05, 0) is 122 Å². The van der Waals surface area contributed by atoms with Gasteiger partial charge in [-0.25, -0.2) is 0 Å². The van der Waals surface area contributed by atoms with Crippen LogP contribution in [0.25, 0.3) is 0 Å². The zero-order chi connectivity index (χ0) is 47.9. The lowest BCUT2D eigenvalue weighted by atomic mass is 10.1. The standard InChI is InChI=1S/C60H100O6/c1-4-7-10-13-16-19-22-25-28-30-33-35-38-41-44-47-50-53-59(62)65-56-57(55-64-58(61)52-49-46-43-40-37-34-31-27-24-21-18-15-12-9-6-3)66-60(63)54-51-48-45-42-39-36-32-29-26-23-20-17-14-11-8-5-2/h16,18-19,21,25,27-29,31-33,35,37,40-41,44,57H,4-15,17,20,22-24,26,30,34,36,38-39,42-43,45-56H2,1-3H3/b19-16-,21-18-,28-25-,31-27-,32-29-,35-33-,40-37-,44-41-/t57-/m1/s1. The van der Waals surface area contributed by atoms with Crippen molar-refractivity contribution < 1.29 is 28.6 Å². The number of hydrogen-bond donors (Lipinski definition) is 0. The Labute approximate surface area is 407 Å². The molecule has 0 aliphatic carbocycles. The van der Waals surface area contributed by atoms with E-state index in [1.165, 1.54) is 109 Å². The molecule has 0 rings (SSSR count). The van der Waals surface area contributed by atoms with Crippen LogP contribution >= 0.6 is 0 Å². The topological polar surface area (TPSA) is 78.9 Å². The highest BCUT2D eigenvalue weighted by molar-refractivity contribution is 5.71. The van der Waals surface area contributed by atoms with Gasteiger partial charge in [0.2, 0.25) is 0 Å². The van der Waals surface area contributed by atoms with Crippen LogP contribution in [0.15, 0.2) is 97.2 Å². The molecule has 0 spiro atoms. The van der Waals surface area contributed by atoms with Gasteiger partial charge >= 0.3 is 17.9 Å². The highest BCUT2D eigenvalue weighted by Gasteiger charge is 2.19. The highest BCUT2D eigenvalue weighted by Crippen LogP contribution is 2.13. The fourth-order valence-corrected chi connectivity index (χ4v) is 7.14. The van der Waals surface area contributed by atoms with Crippen molar-refractivity contribution in [3.63, 3.8) is 0 Å². The Morgan fingerprint density at radius 1 is 0.303 bits per heavy atom. The molecule has 0 aromatic carbocycles. The average molecular weight is 917 g/mol. The molecule has 0 N–H and O–H groups in total. The monoisotopic (exact) mass is 917 g/mol. The third kappa shape index (κ3) is 51.3. The maximum atomic E-state index is 12.8. The number of hydrogen-bond acceptors (Lipinski definition) is 6. The van der Waals surface area contributed by atoms with Crippen molar-refractivity contribution in [1.29, 1.82) is 0 Å². The molecule has 0 fully saturated rings. The van der Waals surface area contributed by atoms with Crippen molar-refractivity contribution in [2.75, 3.05) is 13.2 Å². The molecule has 0 bridgehead atoms. The first-order valence-corrected chi connectivity index (χ1v) is 27.2. The van der Waals surface area contributed by atoms with Gasteiger partial charge in [0.05, 0.1) is 0 Å². The Morgan fingerprint density at radius 3 is 0.985 bits per heavy atom. The molecule has 0 saturated carbocycles. The Balaban J connectivity index is 4.55. The second-order valence-electron chi connectivity index (χ2n) is 17.8. The number of carbonyl (C=O) groups excluding carboxylic acids is 3. The van der Waals surface area contributed by atoms with Crippen LogP contribution in [0.2, 0.25) is 0 Å². The van der Waals surface area contributed by atoms with Crippen LogP contribution in [0.5, 0.6) is 0 Å². The van der Waals surface area contributed by atoms with E-state index in [4.69, 9.17) is 14.2 Å². The van der Waals surface area contributed by atoms with Crippen molar-refractivity contribution in [2.24, 2.45) is 0 Å². The average Bonchev–Trinajstić information content (AvgIpc) is 3.31. The largest absolute Gasteiger partial charge is 0.462 e. The second-order valence-corrected chi connectivity index (χ2v) is 17.8. The van der Waals surface area contributed by atoms with E-state index in [0.29, 0.717) is 19.3 Å². The fourth-order valence-electron chi connectivity index (χ4n) is 7.14. The molecule has 1 atom stereocenters. The van der Waals surface area contributed by atoms with E-state index >= 15 is 0 Å². The molecule has 0 radical (unpaired) electrons. The van der Waals surface area contributed by atoms with Gasteiger partial charge in [-0.3, -0.25) is 14.4 Å². The van der Waals surface area contributed by atoms with Crippen LogP contribution in [-0.2, 0) is 28.6 Å². The smallest absolute Gasteiger partial charge is 0.306 e. The number of rotatable bonds is 48. The van der Waals surface area contributed by atoms with Crippen LogP contribution in [0.4, 0.5) is 0 Å². The summed E-state index contributed by atoms with van der Waals surface area (Å²) >= 11 is 0. The minimum Gasteiger partial charge on any atom is -0.462 e. The highest BCUT2D eigenvalue weighted by atomic mass is 16.6. The van der Waals surface area contributed by atoms with Crippen molar-refractivity contribution in [2.45, 2.75) is 252 Å². The molecule has 0 aliphatic rings. The van der Waals surface area contributed by atoms with Gasteiger partial charge in [0.1, 0.15) is 13.2 Å². The summed E-state index contributed by atoms with van der Waals surface area (Å²) in [6, 6.07) is 0. The van der Waals surface area contributed by atoms with Crippen LogP contribution in [-0.4, -0.2) is 37.2 Å². The Hall–Kier alpha value is -3.67. The molecule has 0 heterocycles. The van der Waals surface area contributed by atoms with Crippen LogP contribution in [0.1, 0.15) is 245 Å². The molecule has 0 aliphatic heterocycles. The molecule has 0 unspecified atom stereocenters. The molecular formula is C60H100O6. The Kier molecular flexibility index (Phi) is 50.9. The van der Waals surface area contributed by atoms with Crippen molar-refractivity contribution in [3.05, 3.63) is 97.2 Å². The number of carbonyl (C=O) groups is 3. The minimum atomic E-state index is -0.820. The van der Waals surface area contributed by atoms with Crippen molar-refractivity contribution in [3.8, 4) is 0 Å². The van der Waals surface area contributed by atoms with E-state index in [0.717, 1.165) is 89.9 Å². The molecular weight excluding hydrogens is 817 g/mol. The fraction of sp³-hybridized carbons (Fsp3) is 0.683. The molecule has 376 valence electrons. The van der Waals surface area contributed by atoms with Crippen LogP contribution < -0.4 is 0 Å². The summed E-state index contributed by atoms with van der Waals surface area (Å²) < 4.78 is 16.7. The van der Waals surface area contributed by atoms with Gasteiger partial charge in [-0.2, -0.15) is 0 Å². The van der Waals surface area contributed by atoms with E-state index in [9.17, 15) is 14.4 Å². The Morgan fingerprint density at radius 2 is 0.561 bits per heavy atom. The lowest BCUT2D eigenvalue weighted by Crippen LogP contribution is -2.30. The maximum Gasteiger partial charge on any atom is 0.306 e. The first-order valence-electron chi connectivity index (χ1n) is 27.2. The molecule has 6 nitrogen and oxygen atoms in total. The van der Waals surface area contributed by atoms with E-state index in [2.05, 4.69) is 118 Å². The second kappa shape index (κ2) is 53.9. The van der Waals surface area contributed by atoms with Gasteiger partial charge in [0, 0.05) is 19.3 Å². The van der Waals surface area contributed by atoms with Crippen molar-refractivity contribution in [1.82, 2.24) is 0 Å². The van der Waals surface area contributed by atoms with Crippen LogP contribution in [0, 0.1) is 0 Å². The quantitative estimate of drug-likeness (QED) is 0.0262. The molecule has 6 heteroatoms. The lowest BCUT2D eigenvalue weighted by molar-refractivity contribution is -0.167. The molecule has 0 saturated heterocycles. The number of allylic oxidation sites excluding steroid dienone is 16. The SMILES string of the molecule is CCCCC/C=C\C/C=C\C/C=C\C/C=C\CCCC(=O)OC[C@@H](COC(=O)CCCC/C=C\C/C=C\C/C=C\CCCCC)OC(=O)CCCCCCC/C=C\CCCCCCCCC. The summed E-state index contributed by atoms with van der Waals surface area (Å²) in [7, 11) is 0. The predicted octanol–water partition coefficient (Wildman–Crippen LogP) is 18.1. The summed E-state index contributed by atoms with van der Waals surface area (Å²) in [5.41, 5.74) is 0. The number of ether oxygens (including phenoxy) is 3. The predicted molar refractivity (Wildman–Crippen MR) is 284 cm³/mol. The van der Waals surface area contributed by atoms with Crippen molar-refractivity contribution >= 4 is 17.9 Å². The maximum absolute atomic E-state index is 12.8. The minimum absolute atomic E-state index is 0.118. The van der Waals surface area contributed by atoms with Crippen LogP contribution in [0.3, 0.4) is 0 Å². The molecule has 0 amide bonds. The van der Waals surface area contributed by atoms with E-state index < -0.39 is 6.10 Å². The summed E-state index contributed by atoms with van der Waals surface area (Å²) in [5.74, 6) is -1.02. The van der Waals surface area contributed by atoms with Gasteiger partial charge in [0.25, 0.3) is 0 Å². The summed E-state index contributed by atoms with van der Waals surface area (Å²) in [6.45, 7) is 6.49. The number of unbranched alkanes of at least 4 members (excludes halogenated alkanes) is 21. The van der Waals surface area contributed by atoms with E-state index in [1.807, 2.05) is 0 Å². The lowest BCUT2D eigenvalue weighted by Gasteiger charge is -2.18. The van der Waals surface area contributed by atoms with Gasteiger partial charge < -0.3 is 14.2 Å². The summed E-state index contributed by atoms with van der Waals surface area (Å²) in [5, 5.41) is 0. The molecule has 0 aromatic heterocycles. The third-order valence-corrected chi connectivity index (χ3v) is 11.3. The van der Waals surface area contributed by atoms with Gasteiger partial charge in [-0.1, -0.05) is 201 Å². The normalized spacial score (nSPS) is 12.8. The van der Waals surface area contributed by atoms with Gasteiger partial charge in [0.15, 0.2) is 6.10 Å². The first-order chi connectivity index (χ1) is 32.5. The molecule has 66 heavy (non-hydrogen) atoms. The number of esters is 3. The van der Waals surface area contributed by atoms with E-state index in [-0.39, 0.29) is 37.5 Å². The van der Waals surface area contributed by atoms with E-state index in [1.54, 1.807) is 0 Å². The zero-order valence-electron chi connectivity index (χ0n) is 42.9.